The van der Waals surface area contributed by atoms with Crippen LogP contribution in [0, 0.1) is 0 Å². The standard InChI is InChI=1S/C19H22ClN3O2/c1-23(2)19(25)11-15-5-3-4-6-17(15)21-13-18(24)22-12-14-7-9-16(20)10-8-14/h3-10,21H,11-13H2,1-2H3,(H,22,24). The number of carbonyl (C=O) groups is 2. The first-order valence-corrected chi connectivity index (χ1v) is 8.36. The smallest absolute Gasteiger partial charge is 0.239 e. The number of amides is 2. The van der Waals surface area contributed by atoms with Crippen LogP contribution < -0.4 is 10.6 Å². The molecule has 0 atom stereocenters. The molecule has 6 heteroatoms. The predicted octanol–water partition coefficient (Wildman–Crippen LogP) is 2.70. The van der Waals surface area contributed by atoms with Gasteiger partial charge in [0.15, 0.2) is 0 Å². The van der Waals surface area contributed by atoms with Gasteiger partial charge in [0, 0.05) is 31.4 Å². The van der Waals surface area contributed by atoms with Crippen LogP contribution >= 0.6 is 11.6 Å². The lowest BCUT2D eigenvalue weighted by Crippen LogP contribution is -2.30. The first-order valence-electron chi connectivity index (χ1n) is 7.99. The number of nitrogens with zero attached hydrogens (tertiary/aromatic N) is 1. The summed E-state index contributed by atoms with van der Waals surface area (Å²) in [6.07, 6.45) is 0.294. The lowest BCUT2D eigenvalue weighted by Gasteiger charge is -2.14. The zero-order valence-electron chi connectivity index (χ0n) is 14.4. The molecule has 0 heterocycles. The summed E-state index contributed by atoms with van der Waals surface area (Å²) in [5.74, 6) is -0.106. The molecule has 2 amide bonds. The zero-order valence-corrected chi connectivity index (χ0v) is 15.1. The summed E-state index contributed by atoms with van der Waals surface area (Å²) in [5.41, 5.74) is 2.64. The third-order valence-electron chi connectivity index (χ3n) is 3.70. The average Bonchev–Trinajstić information content (AvgIpc) is 2.60. The zero-order chi connectivity index (χ0) is 18.2. The summed E-state index contributed by atoms with van der Waals surface area (Å²) < 4.78 is 0. The van der Waals surface area contributed by atoms with Crippen molar-refractivity contribution in [3.05, 3.63) is 64.7 Å². The van der Waals surface area contributed by atoms with E-state index in [0.29, 0.717) is 18.0 Å². The maximum atomic E-state index is 12.0. The molecule has 0 unspecified atom stereocenters. The molecule has 5 nitrogen and oxygen atoms in total. The highest BCUT2D eigenvalue weighted by atomic mass is 35.5. The Hall–Kier alpha value is -2.53. The van der Waals surface area contributed by atoms with Crippen molar-refractivity contribution in [2.75, 3.05) is 26.0 Å². The van der Waals surface area contributed by atoms with Crippen LogP contribution in [0.15, 0.2) is 48.5 Å². The maximum absolute atomic E-state index is 12.0. The van der Waals surface area contributed by atoms with Crippen molar-refractivity contribution in [1.29, 1.82) is 0 Å². The number of nitrogens with one attached hydrogen (secondary N) is 2. The van der Waals surface area contributed by atoms with Crippen LogP contribution in [0.1, 0.15) is 11.1 Å². The molecule has 0 aliphatic carbocycles. The highest BCUT2D eigenvalue weighted by molar-refractivity contribution is 6.30. The largest absolute Gasteiger partial charge is 0.376 e. The Morgan fingerprint density at radius 3 is 2.40 bits per heavy atom. The van der Waals surface area contributed by atoms with Gasteiger partial charge in [0.05, 0.1) is 13.0 Å². The van der Waals surface area contributed by atoms with Gasteiger partial charge in [0.1, 0.15) is 0 Å². The van der Waals surface area contributed by atoms with Gasteiger partial charge in [-0.15, -0.1) is 0 Å². The van der Waals surface area contributed by atoms with E-state index in [9.17, 15) is 9.59 Å². The average molecular weight is 360 g/mol. The predicted molar refractivity (Wildman–Crippen MR) is 101 cm³/mol. The number of halogens is 1. The molecular weight excluding hydrogens is 338 g/mol. The van der Waals surface area contributed by atoms with Crippen LogP contribution in [-0.2, 0) is 22.6 Å². The third-order valence-corrected chi connectivity index (χ3v) is 3.95. The minimum Gasteiger partial charge on any atom is -0.376 e. The van der Waals surface area contributed by atoms with Gasteiger partial charge in [0.2, 0.25) is 11.8 Å². The van der Waals surface area contributed by atoms with E-state index < -0.39 is 0 Å². The van der Waals surface area contributed by atoms with Gasteiger partial charge < -0.3 is 15.5 Å². The summed E-state index contributed by atoms with van der Waals surface area (Å²) in [4.78, 5) is 25.5. The van der Waals surface area contributed by atoms with Crippen LogP contribution in [-0.4, -0.2) is 37.4 Å². The Bertz CT molecular complexity index is 730. The first-order chi connectivity index (χ1) is 12.0. The van der Waals surface area contributed by atoms with E-state index in [0.717, 1.165) is 16.8 Å². The highest BCUT2D eigenvalue weighted by Gasteiger charge is 2.10. The number of anilines is 1. The van der Waals surface area contributed by atoms with E-state index in [2.05, 4.69) is 10.6 Å². The monoisotopic (exact) mass is 359 g/mol. The van der Waals surface area contributed by atoms with E-state index >= 15 is 0 Å². The fourth-order valence-corrected chi connectivity index (χ4v) is 2.33. The molecule has 0 radical (unpaired) electrons. The van der Waals surface area contributed by atoms with Crippen LogP contribution in [0.2, 0.25) is 5.02 Å². The quantitative estimate of drug-likeness (QED) is 0.799. The van der Waals surface area contributed by atoms with Crippen molar-refractivity contribution in [3.8, 4) is 0 Å². The van der Waals surface area contributed by atoms with Crippen molar-refractivity contribution >= 4 is 29.1 Å². The van der Waals surface area contributed by atoms with Crippen LogP contribution in [0.4, 0.5) is 5.69 Å². The molecule has 2 aromatic rings. The van der Waals surface area contributed by atoms with Gasteiger partial charge in [0.25, 0.3) is 0 Å². The molecule has 0 aromatic heterocycles. The summed E-state index contributed by atoms with van der Waals surface area (Å²) in [6.45, 7) is 0.583. The van der Waals surface area contributed by atoms with Crippen molar-refractivity contribution in [1.82, 2.24) is 10.2 Å². The minimum absolute atomic E-state index is 0.0152. The van der Waals surface area contributed by atoms with Gasteiger partial charge in [-0.3, -0.25) is 9.59 Å². The minimum atomic E-state index is -0.122. The summed E-state index contributed by atoms with van der Waals surface area (Å²) in [7, 11) is 3.45. The summed E-state index contributed by atoms with van der Waals surface area (Å²) >= 11 is 5.84. The lowest BCUT2D eigenvalue weighted by atomic mass is 10.1. The third kappa shape index (κ3) is 6.12. The first kappa shape index (κ1) is 18.8. The molecular formula is C19H22ClN3O2. The second kappa shape index (κ2) is 9.08. The molecule has 0 saturated heterocycles. The van der Waals surface area contributed by atoms with Crippen molar-refractivity contribution in [2.45, 2.75) is 13.0 Å². The van der Waals surface area contributed by atoms with Crippen molar-refractivity contribution in [3.63, 3.8) is 0 Å². The number of para-hydroxylation sites is 1. The molecule has 132 valence electrons. The topological polar surface area (TPSA) is 61.4 Å². The molecule has 0 fully saturated rings. The molecule has 0 saturated carbocycles. The van der Waals surface area contributed by atoms with Crippen LogP contribution in [0.25, 0.3) is 0 Å². The van der Waals surface area contributed by atoms with Gasteiger partial charge in [-0.25, -0.2) is 0 Å². The summed E-state index contributed by atoms with van der Waals surface area (Å²) in [5, 5.41) is 6.61. The molecule has 25 heavy (non-hydrogen) atoms. The molecule has 2 N–H and O–H groups in total. The summed E-state index contributed by atoms with van der Waals surface area (Å²) in [6, 6.07) is 14.8. The highest BCUT2D eigenvalue weighted by Crippen LogP contribution is 2.16. The van der Waals surface area contributed by atoms with Gasteiger partial charge >= 0.3 is 0 Å². The van der Waals surface area contributed by atoms with E-state index in [-0.39, 0.29) is 18.4 Å². The maximum Gasteiger partial charge on any atom is 0.239 e. The normalized spacial score (nSPS) is 10.2. The number of rotatable bonds is 7. The van der Waals surface area contributed by atoms with Crippen molar-refractivity contribution in [2.24, 2.45) is 0 Å². The second-order valence-electron chi connectivity index (χ2n) is 5.88. The van der Waals surface area contributed by atoms with E-state index in [4.69, 9.17) is 11.6 Å². The Labute approximate surface area is 153 Å². The van der Waals surface area contributed by atoms with Crippen LogP contribution in [0.3, 0.4) is 0 Å². The second-order valence-corrected chi connectivity index (χ2v) is 6.32. The van der Waals surface area contributed by atoms with E-state index in [1.54, 1.807) is 31.1 Å². The molecule has 2 rings (SSSR count). The van der Waals surface area contributed by atoms with Crippen LogP contribution in [0.5, 0.6) is 0 Å². The molecule has 0 aliphatic rings. The number of likely N-dealkylation sites (N-methyl/N-ethyl adjacent to an activating group) is 1. The lowest BCUT2D eigenvalue weighted by molar-refractivity contribution is -0.128. The van der Waals surface area contributed by atoms with Gasteiger partial charge in [-0.2, -0.15) is 0 Å². The fraction of sp³-hybridized carbons (Fsp3) is 0.263. The molecule has 0 bridgehead atoms. The molecule has 0 aliphatic heterocycles. The van der Waals surface area contributed by atoms with E-state index in [1.165, 1.54) is 0 Å². The SMILES string of the molecule is CN(C)C(=O)Cc1ccccc1NCC(=O)NCc1ccc(Cl)cc1. The Balaban J connectivity index is 1.87. The molecule has 0 spiro atoms. The van der Waals surface area contributed by atoms with Crippen molar-refractivity contribution < 1.29 is 9.59 Å². The number of hydrogen-bond acceptors (Lipinski definition) is 3. The molecule has 2 aromatic carbocycles. The number of carbonyl (C=O) groups excluding carboxylic acids is 2. The fourth-order valence-electron chi connectivity index (χ4n) is 2.21. The Morgan fingerprint density at radius 1 is 1.04 bits per heavy atom. The number of hydrogen-bond donors (Lipinski definition) is 2. The Kier molecular flexibility index (Phi) is 6.83. The van der Waals surface area contributed by atoms with Gasteiger partial charge in [-0.1, -0.05) is 41.9 Å². The number of benzene rings is 2. The van der Waals surface area contributed by atoms with E-state index in [1.807, 2.05) is 36.4 Å². The van der Waals surface area contributed by atoms with Gasteiger partial charge in [-0.05, 0) is 29.3 Å². The Morgan fingerprint density at radius 2 is 1.72 bits per heavy atom.